The molecular formula is C19H18F2N4O. The lowest BCUT2D eigenvalue weighted by Gasteiger charge is -2.27. The summed E-state index contributed by atoms with van der Waals surface area (Å²) in [5.74, 6) is -2.83. The van der Waals surface area contributed by atoms with Crippen LogP contribution in [-0.4, -0.2) is 27.0 Å². The molecule has 0 unspecified atom stereocenters. The minimum atomic E-state index is -2.64. The van der Waals surface area contributed by atoms with Gasteiger partial charge in [0.25, 0.3) is 0 Å². The molecule has 1 fully saturated rings. The van der Waals surface area contributed by atoms with Crippen molar-refractivity contribution in [3.05, 3.63) is 42.9 Å². The third-order valence-corrected chi connectivity index (χ3v) is 4.89. The number of alkyl halides is 2. The van der Waals surface area contributed by atoms with Crippen molar-refractivity contribution in [2.45, 2.75) is 31.6 Å². The third kappa shape index (κ3) is 3.42. The maximum Gasteiger partial charge on any atom is 0.248 e. The Morgan fingerprint density at radius 1 is 1.12 bits per heavy atom. The number of nitrogens with one attached hydrogen (secondary N) is 2. The van der Waals surface area contributed by atoms with Crippen LogP contribution >= 0.6 is 0 Å². The van der Waals surface area contributed by atoms with Gasteiger partial charge < -0.3 is 5.32 Å². The standard InChI is InChI=1S/C19H18F2N4O/c20-19(21)5-3-12(4-6-19)18(26)25-17-8-15-7-13(16-10-23-24-11-16)1-2-14(15)9-22-17/h1-2,7-12H,3-6H2,(H,23,24)(H,22,25,26). The summed E-state index contributed by atoms with van der Waals surface area (Å²) >= 11 is 0. The van der Waals surface area contributed by atoms with Gasteiger partial charge in [-0.15, -0.1) is 0 Å². The normalized spacial score (nSPS) is 17.3. The Balaban J connectivity index is 1.52. The molecule has 2 aromatic heterocycles. The van der Waals surface area contributed by atoms with Crippen LogP contribution in [0.2, 0.25) is 0 Å². The summed E-state index contributed by atoms with van der Waals surface area (Å²) in [7, 11) is 0. The molecule has 26 heavy (non-hydrogen) atoms. The SMILES string of the molecule is O=C(Nc1cc2cc(-c3cn[nH]c3)ccc2cn1)C1CCC(F)(F)CC1. The summed E-state index contributed by atoms with van der Waals surface area (Å²) in [6, 6.07) is 7.74. The third-order valence-electron chi connectivity index (χ3n) is 4.89. The number of carbonyl (C=O) groups is 1. The highest BCUT2D eigenvalue weighted by Gasteiger charge is 2.37. The topological polar surface area (TPSA) is 70.7 Å². The first-order chi connectivity index (χ1) is 12.5. The monoisotopic (exact) mass is 356 g/mol. The lowest BCUT2D eigenvalue weighted by molar-refractivity contribution is -0.124. The fraction of sp³-hybridized carbons (Fsp3) is 0.316. The Bertz CT molecular complexity index is 930. The molecule has 2 heterocycles. The van der Waals surface area contributed by atoms with Crippen LogP contribution in [-0.2, 0) is 4.79 Å². The van der Waals surface area contributed by atoms with E-state index in [0.29, 0.717) is 5.82 Å². The Labute approximate surface area is 148 Å². The molecule has 4 rings (SSSR count). The molecule has 0 saturated heterocycles. The number of aromatic amines is 1. The number of pyridine rings is 1. The first kappa shape index (κ1) is 16.6. The molecule has 1 aliphatic rings. The second kappa shape index (κ2) is 6.48. The van der Waals surface area contributed by atoms with Gasteiger partial charge in [-0.1, -0.05) is 12.1 Å². The number of rotatable bonds is 3. The summed E-state index contributed by atoms with van der Waals surface area (Å²) in [6.45, 7) is 0. The number of carbonyl (C=O) groups excluding carboxylic acids is 1. The van der Waals surface area contributed by atoms with Gasteiger partial charge in [-0.3, -0.25) is 9.89 Å². The van der Waals surface area contributed by atoms with E-state index in [1.54, 1.807) is 18.5 Å². The summed E-state index contributed by atoms with van der Waals surface area (Å²) in [6.07, 6.45) is 5.19. The molecule has 0 radical (unpaired) electrons. The smallest absolute Gasteiger partial charge is 0.248 e. The molecule has 1 amide bonds. The molecule has 7 heteroatoms. The van der Waals surface area contributed by atoms with Crippen LogP contribution in [0, 0.1) is 5.92 Å². The van der Waals surface area contributed by atoms with Crippen molar-refractivity contribution in [2.75, 3.05) is 5.32 Å². The quantitative estimate of drug-likeness (QED) is 0.731. The van der Waals surface area contributed by atoms with E-state index in [4.69, 9.17) is 0 Å². The summed E-state index contributed by atoms with van der Waals surface area (Å²) in [5, 5.41) is 11.4. The number of benzene rings is 1. The molecule has 0 bridgehead atoms. The number of nitrogens with zero attached hydrogens (tertiary/aromatic N) is 2. The van der Waals surface area contributed by atoms with Gasteiger partial charge in [0.05, 0.1) is 6.20 Å². The maximum absolute atomic E-state index is 13.2. The van der Waals surface area contributed by atoms with Crippen molar-refractivity contribution >= 4 is 22.5 Å². The zero-order valence-electron chi connectivity index (χ0n) is 14.0. The Kier molecular flexibility index (Phi) is 4.14. The van der Waals surface area contributed by atoms with Gasteiger partial charge in [0.2, 0.25) is 11.8 Å². The zero-order valence-corrected chi connectivity index (χ0v) is 14.0. The number of aromatic nitrogens is 3. The van der Waals surface area contributed by atoms with E-state index in [1.807, 2.05) is 24.4 Å². The summed E-state index contributed by atoms with van der Waals surface area (Å²) in [4.78, 5) is 16.6. The Hall–Kier alpha value is -2.83. The van der Waals surface area contributed by atoms with Gasteiger partial charge in [-0.05, 0) is 35.9 Å². The Morgan fingerprint density at radius 2 is 1.92 bits per heavy atom. The predicted octanol–water partition coefficient (Wildman–Crippen LogP) is 4.39. The first-order valence-corrected chi connectivity index (χ1v) is 8.58. The summed E-state index contributed by atoms with van der Waals surface area (Å²) in [5.41, 5.74) is 1.97. The maximum atomic E-state index is 13.2. The van der Waals surface area contributed by atoms with Crippen molar-refractivity contribution in [3.8, 4) is 11.1 Å². The average molecular weight is 356 g/mol. The number of fused-ring (bicyclic) bond motifs is 1. The van der Waals surface area contributed by atoms with E-state index in [0.717, 1.165) is 21.9 Å². The van der Waals surface area contributed by atoms with Gasteiger partial charge in [0, 0.05) is 42.1 Å². The molecule has 0 atom stereocenters. The van der Waals surface area contributed by atoms with Crippen LogP contribution in [0.1, 0.15) is 25.7 Å². The second-order valence-electron chi connectivity index (χ2n) is 6.74. The fourth-order valence-electron chi connectivity index (χ4n) is 3.33. The zero-order chi connectivity index (χ0) is 18.1. The number of H-pyrrole nitrogens is 1. The van der Waals surface area contributed by atoms with Gasteiger partial charge in [0.15, 0.2) is 0 Å². The van der Waals surface area contributed by atoms with Crippen LogP contribution in [0.5, 0.6) is 0 Å². The molecule has 0 aliphatic heterocycles. The van der Waals surface area contributed by atoms with E-state index in [-0.39, 0.29) is 37.5 Å². The highest BCUT2D eigenvalue weighted by Crippen LogP contribution is 2.36. The minimum absolute atomic E-state index is 0.205. The number of hydrogen-bond acceptors (Lipinski definition) is 3. The van der Waals surface area contributed by atoms with Gasteiger partial charge >= 0.3 is 0 Å². The van der Waals surface area contributed by atoms with E-state index >= 15 is 0 Å². The highest BCUT2D eigenvalue weighted by molar-refractivity contribution is 5.95. The molecule has 3 aromatic rings. The molecule has 1 saturated carbocycles. The number of hydrogen-bond donors (Lipinski definition) is 2. The van der Waals surface area contributed by atoms with Crippen LogP contribution in [0.4, 0.5) is 14.6 Å². The average Bonchev–Trinajstić information content (AvgIpc) is 3.15. The van der Waals surface area contributed by atoms with Crippen molar-refractivity contribution in [1.82, 2.24) is 15.2 Å². The van der Waals surface area contributed by atoms with Crippen LogP contribution in [0.15, 0.2) is 42.9 Å². The minimum Gasteiger partial charge on any atom is -0.310 e. The molecule has 0 spiro atoms. The van der Waals surface area contributed by atoms with Crippen LogP contribution < -0.4 is 5.32 Å². The molecule has 134 valence electrons. The Morgan fingerprint density at radius 3 is 2.65 bits per heavy atom. The fourth-order valence-corrected chi connectivity index (χ4v) is 3.33. The summed E-state index contributed by atoms with van der Waals surface area (Å²) < 4.78 is 26.5. The van der Waals surface area contributed by atoms with E-state index in [1.165, 1.54) is 0 Å². The molecule has 1 aromatic carbocycles. The van der Waals surface area contributed by atoms with Crippen molar-refractivity contribution in [2.24, 2.45) is 5.92 Å². The second-order valence-corrected chi connectivity index (χ2v) is 6.74. The van der Waals surface area contributed by atoms with Gasteiger partial charge in [-0.25, -0.2) is 13.8 Å². The molecule has 5 nitrogen and oxygen atoms in total. The van der Waals surface area contributed by atoms with Crippen molar-refractivity contribution in [3.63, 3.8) is 0 Å². The lowest BCUT2D eigenvalue weighted by Crippen LogP contribution is -2.32. The van der Waals surface area contributed by atoms with E-state index < -0.39 is 5.92 Å². The number of amides is 1. The highest BCUT2D eigenvalue weighted by atomic mass is 19.3. The first-order valence-electron chi connectivity index (χ1n) is 8.58. The number of anilines is 1. The molecule has 1 aliphatic carbocycles. The predicted molar refractivity (Wildman–Crippen MR) is 94.9 cm³/mol. The van der Waals surface area contributed by atoms with Gasteiger partial charge in [-0.2, -0.15) is 5.10 Å². The van der Waals surface area contributed by atoms with E-state index in [9.17, 15) is 13.6 Å². The molecule has 2 N–H and O–H groups in total. The van der Waals surface area contributed by atoms with Crippen molar-refractivity contribution in [1.29, 1.82) is 0 Å². The lowest BCUT2D eigenvalue weighted by atomic mass is 9.86. The largest absolute Gasteiger partial charge is 0.310 e. The van der Waals surface area contributed by atoms with Crippen molar-refractivity contribution < 1.29 is 13.6 Å². The number of halogens is 2. The van der Waals surface area contributed by atoms with Gasteiger partial charge in [0.1, 0.15) is 5.82 Å². The van der Waals surface area contributed by atoms with Crippen LogP contribution in [0.3, 0.4) is 0 Å². The van der Waals surface area contributed by atoms with Crippen LogP contribution in [0.25, 0.3) is 21.9 Å². The van der Waals surface area contributed by atoms with E-state index in [2.05, 4.69) is 20.5 Å². The molecular weight excluding hydrogens is 338 g/mol.